The van der Waals surface area contributed by atoms with Gasteiger partial charge < -0.3 is 92.0 Å². The van der Waals surface area contributed by atoms with E-state index in [0.29, 0.717) is 83.5 Å². The topological polar surface area (TPSA) is 354 Å². The molecule has 3 heterocycles. The average molecular weight is 1550 g/mol. The van der Waals surface area contributed by atoms with E-state index in [0.717, 1.165) is 73.0 Å². The minimum atomic E-state index is -4.81. The molecule has 13 rings (SSSR count). The number of fused-ring (bicyclic) bond motifs is 5. The van der Waals surface area contributed by atoms with Crippen LogP contribution in [0.3, 0.4) is 0 Å². The van der Waals surface area contributed by atoms with Crippen LogP contribution in [0, 0.1) is 87.3 Å². The maximum atomic E-state index is 13.2. The molecule has 4 bridgehead atoms. The van der Waals surface area contributed by atoms with Crippen molar-refractivity contribution in [2.75, 3.05) is 19.8 Å². The van der Waals surface area contributed by atoms with Gasteiger partial charge in [-0.3, -0.25) is 18.5 Å². The number of phosphoric acid groups is 3. The first-order valence-corrected chi connectivity index (χ1v) is 44.1. The smallest absolute Gasteiger partial charge is 0.268 e. The molecule has 5 unspecified atom stereocenters. The Morgan fingerprint density at radius 2 is 1.02 bits per heavy atom. The first kappa shape index (κ1) is 87.8. The minimum Gasteiger partial charge on any atom is -0.756 e. The van der Waals surface area contributed by atoms with Gasteiger partial charge in [0.15, 0.2) is 0 Å². The summed E-state index contributed by atoms with van der Waals surface area (Å²) in [6.07, 6.45) is 11.5. The van der Waals surface area contributed by atoms with E-state index in [-0.39, 0.29) is 51.1 Å². The molecule has 0 radical (unpaired) electrons. The van der Waals surface area contributed by atoms with Gasteiger partial charge in [-0.1, -0.05) is 118 Å². The lowest BCUT2D eigenvalue weighted by Gasteiger charge is -2.61. The van der Waals surface area contributed by atoms with Gasteiger partial charge in [0, 0.05) is 5.41 Å². The molecule has 7 N–H and O–H groups in total. The predicted molar refractivity (Wildman–Crippen MR) is 397 cm³/mol. The molecule has 23 nitrogen and oxygen atoms in total. The van der Waals surface area contributed by atoms with E-state index in [1.165, 1.54) is 64.2 Å². The van der Waals surface area contributed by atoms with Crippen molar-refractivity contribution in [2.45, 2.75) is 318 Å². The molecule has 3 saturated heterocycles. The number of carbonyl (C=O) groups is 1. The van der Waals surface area contributed by atoms with Gasteiger partial charge in [0.05, 0.1) is 81.8 Å². The van der Waals surface area contributed by atoms with Gasteiger partial charge in [0.25, 0.3) is 23.5 Å². The van der Waals surface area contributed by atoms with Crippen LogP contribution >= 0.6 is 23.5 Å². The van der Waals surface area contributed by atoms with Crippen LogP contribution in [0.25, 0.3) is 11.1 Å². The fraction of sp³-hybridized carbons (Fsp3) is 0.838. The zero-order valence-electron chi connectivity index (χ0n) is 64.4. The highest BCUT2D eigenvalue weighted by Crippen LogP contribution is 2.69. The normalized spacial score (nSPS) is 39.4. The molecule has 26 heteroatoms. The molecule has 11 fully saturated rings. The fourth-order valence-corrected chi connectivity index (χ4v) is 24.3. The number of ether oxygens (including phenoxy) is 3. The SMILES string of the molecule is C.CC(C)C[C@H]1O[C@@H](C)[C@H](O)[C@@H]1OP(=O)([O-])OCC(CO)NC(=O)C12CC3CC(CC(C3)C1)C2.CC(C)C[C@H]1O[C@@H](C)[C@H](O)[C@@H]1OP(=O)([O-])OCCC[C@@H](C)[C@H]1CC[C@H]2[C@@H]3CCC4C[C@H](O)CC[C@]4(C)[C@H]3CC[C@]12C.CC(C)C[C@H]1O[C@@H](C)[C@H](O)[C@@H]1OP(=O)([O-])OCc1ccc(-c2ccc(CO)cc2)cc1. The number of rotatable bonds is 29. The highest BCUT2D eigenvalue weighted by atomic mass is 31.2. The number of carbonyl (C=O) groups excluding carboxylic acids is 1. The standard InChI is InChI=1S/C33H59O7P.C23H40NO8P.C23H31O7P.CH4/c1-20(2)18-29-31(30(35)22(4)39-29)40-41(36,37)38-17-7-8-21(3)26-11-12-27-25-10-9-23-19-24(34)13-15-32(23,5)28(25)14-16-33(26,27)6;1-13(2)4-19-21(20(26)14(3)31-19)32-33(28,29)30-12-18(11-25)24-22(27)23-8-15-5-16(9-23)7-17(6-15)10-23;1-15(2)12-21-23(22(25)16(3)29-21)30-31(26,27)28-14-18-6-10-20(11-7-18)19-8-4-17(13-24)5-9-19;/h20-31,34-35H,7-19H2,1-6H3,(H,36,37);13-21,25-26H,4-12H2,1-3H3,(H,24,27)(H,28,29);4-11,15-16,21-25H,12-14H2,1-3H3,(H,26,27);1H4/p-3/t21-,22+,23?,24-,25+,26-,27+,28+,29-,30+,31-,32+,33-;14-,15?,16?,17?,18?,19+,20-,21+,23?;16-,21+,22-,23+;/m100./s1. The lowest BCUT2D eigenvalue weighted by Crippen LogP contribution is -2.56. The van der Waals surface area contributed by atoms with Gasteiger partial charge in [0.2, 0.25) is 5.91 Å². The Kier molecular flexibility index (Phi) is 30.7. The number of aliphatic hydroxyl groups excluding tert-OH is 6. The Morgan fingerprint density at radius 3 is 1.48 bits per heavy atom. The van der Waals surface area contributed by atoms with E-state index in [1.807, 2.05) is 77.9 Å². The second kappa shape index (κ2) is 37.0. The van der Waals surface area contributed by atoms with Gasteiger partial charge in [-0.05, 0) is 253 Å². The molecule has 1 amide bonds. The second-order valence-corrected chi connectivity index (χ2v) is 39.6. The lowest BCUT2D eigenvalue weighted by molar-refractivity contribution is -0.235. The number of aliphatic hydroxyl groups is 6. The summed E-state index contributed by atoms with van der Waals surface area (Å²) in [7, 11) is -14.0. The number of phosphoric ester groups is 3. The summed E-state index contributed by atoms with van der Waals surface area (Å²) < 4.78 is 85.9. The lowest BCUT2D eigenvalue weighted by atomic mass is 9.44. The number of amides is 1. The third-order valence-electron chi connectivity index (χ3n) is 26.4. The summed E-state index contributed by atoms with van der Waals surface area (Å²) in [6, 6.07) is 14.0. The van der Waals surface area contributed by atoms with Crippen LogP contribution in [0.15, 0.2) is 48.5 Å². The summed E-state index contributed by atoms with van der Waals surface area (Å²) in [4.78, 5) is 50.8. The van der Waals surface area contributed by atoms with E-state index in [4.69, 9.17) is 46.5 Å². The summed E-state index contributed by atoms with van der Waals surface area (Å²) in [6.45, 7) is 23.7. The molecule has 25 atom stereocenters. The molecule has 0 aromatic heterocycles. The molecular weight excluding hydrogens is 1420 g/mol. The Bertz CT molecular complexity index is 3210. The zero-order valence-corrected chi connectivity index (χ0v) is 67.0. The van der Waals surface area contributed by atoms with Crippen molar-refractivity contribution in [2.24, 2.45) is 87.3 Å². The van der Waals surface area contributed by atoms with Gasteiger partial charge in [-0.25, -0.2) is 0 Å². The molecule has 606 valence electrons. The highest BCUT2D eigenvalue weighted by Gasteiger charge is 2.61. The van der Waals surface area contributed by atoms with Crippen LogP contribution in [-0.4, -0.2) is 142 Å². The third-order valence-corrected chi connectivity index (χ3v) is 29.3. The Labute approximate surface area is 632 Å². The van der Waals surface area contributed by atoms with Crippen molar-refractivity contribution in [1.29, 1.82) is 0 Å². The summed E-state index contributed by atoms with van der Waals surface area (Å²) in [5, 5.41) is 63.2. The molecule has 106 heavy (non-hydrogen) atoms. The van der Waals surface area contributed by atoms with Crippen LogP contribution in [0.4, 0.5) is 0 Å². The van der Waals surface area contributed by atoms with Crippen LogP contribution in [0.2, 0.25) is 0 Å². The molecule has 3 aliphatic heterocycles. The number of hydrogen-bond donors (Lipinski definition) is 7. The molecule has 0 spiro atoms. The molecule has 2 aromatic rings. The van der Waals surface area contributed by atoms with Gasteiger partial charge in [-0.2, -0.15) is 0 Å². The number of hydrogen-bond acceptors (Lipinski definition) is 22. The van der Waals surface area contributed by atoms with Gasteiger partial charge >= 0.3 is 0 Å². The molecular formula is C80H131NO22P3-3. The number of benzene rings is 2. The molecule has 8 saturated carbocycles. The van der Waals surface area contributed by atoms with Crippen molar-refractivity contribution < 1.29 is 105 Å². The monoisotopic (exact) mass is 1550 g/mol. The summed E-state index contributed by atoms with van der Waals surface area (Å²) >= 11 is 0. The second-order valence-electron chi connectivity index (χ2n) is 35.5. The maximum Gasteiger partial charge on any atom is 0.268 e. The summed E-state index contributed by atoms with van der Waals surface area (Å²) in [5.41, 5.74) is 3.84. The maximum absolute atomic E-state index is 13.2. The molecule has 2 aromatic carbocycles. The summed E-state index contributed by atoms with van der Waals surface area (Å²) in [5.74, 6) is 6.81. The Hall–Kier alpha value is -2.12. The zero-order chi connectivity index (χ0) is 76.3. The van der Waals surface area contributed by atoms with E-state index < -0.39 is 121 Å². The van der Waals surface area contributed by atoms with Gasteiger partial charge in [-0.15, -0.1) is 0 Å². The largest absolute Gasteiger partial charge is 0.756 e. The van der Waals surface area contributed by atoms with E-state index in [9.17, 15) is 58.7 Å². The van der Waals surface area contributed by atoms with Crippen molar-refractivity contribution >= 4 is 29.4 Å². The molecule has 8 aliphatic carbocycles. The predicted octanol–water partition coefficient (Wildman–Crippen LogP) is 12.3. The quantitative estimate of drug-likeness (QED) is 0.0294. The van der Waals surface area contributed by atoms with Crippen LogP contribution < -0.4 is 20.0 Å². The molecule has 11 aliphatic rings. The van der Waals surface area contributed by atoms with Crippen molar-refractivity contribution in [3.8, 4) is 11.1 Å². The van der Waals surface area contributed by atoms with Crippen molar-refractivity contribution in [1.82, 2.24) is 5.32 Å². The van der Waals surface area contributed by atoms with Gasteiger partial charge in [0.1, 0.15) is 36.6 Å². The van der Waals surface area contributed by atoms with Crippen molar-refractivity contribution in [3.05, 3.63) is 59.7 Å². The minimum absolute atomic E-state index is 0. The third kappa shape index (κ3) is 21.4. The first-order valence-electron chi connectivity index (χ1n) is 39.7. The fourth-order valence-electron chi connectivity index (χ4n) is 21.4. The van der Waals surface area contributed by atoms with Crippen LogP contribution in [0.1, 0.15) is 230 Å². The van der Waals surface area contributed by atoms with E-state index in [2.05, 4.69) is 26.1 Å². The Morgan fingerprint density at radius 1 is 0.575 bits per heavy atom. The van der Waals surface area contributed by atoms with Crippen LogP contribution in [0.5, 0.6) is 0 Å². The average Bonchev–Trinajstić information content (AvgIpc) is 1.34. The van der Waals surface area contributed by atoms with Crippen molar-refractivity contribution in [3.63, 3.8) is 0 Å². The van der Waals surface area contributed by atoms with Crippen LogP contribution in [-0.2, 0) is 73.1 Å². The van der Waals surface area contributed by atoms with E-state index in [1.54, 1.807) is 32.9 Å². The Balaban J connectivity index is 0.000000185. The number of nitrogens with one attached hydrogen (secondary N) is 1. The van der Waals surface area contributed by atoms with E-state index >= 15 is 0 Å². The highest BCUT2D eigenvalue weighted by molar-refractivity contribution is 7.46. The first-order chi connectivity index (χ1) is 49.4.